The van der Waals surface area contributed by atoms with Crippen LogP contribution >= 0.6 is 0 Å². The number of aromatic nitrogens is 1. The molecule has 0 radical (unpaired) electrons. The fourth-order valence-corrected chi connectivity index (χ4v) is 7.53. The van der Waals surface area contributed by atoms with Crippen LogP contribution in [0.4, 0.5) is 28.4 Å². The van der Waals surface area contributed by atoms with Gasteiger partial charge < -0.3 is 14.4 Å². The van der Waals surface area contributed by atoms with Crippen LogP contribution in [-0.4, -0.2) is 11.6 Å². The van der Waals surface area contributed by atoms with Crippen LogP contribution in [0.25, 0.3) is 49.7 Å². The van der Waals surface area contributed by atoms with E-state index in [1.165, 1.54) is 44.1 Å². The van der Waals surface area contributed by atoms with Gasteiger partial charge in [0.1, 0.15) is 0 Å². The van der Waals surface area contributed by atoms with Crippen LogP contribution in [0.1, 0.15) is 13.8 Å². The number of fused-ring (bicyclic) bond motifs is 3. The second kappa shape index (κ2) is 17.4. The Balaban J connectivity index is 0.00000117. The predicted octanol–water partition coefficient (Wildman–Crippen LogP) is 15.2. The van der Waals surface area contributed by atoms with Crippen LogP contribution in [0.3, 0.4) is 0 Å². The van der Waals surface area contributed by atoms with Gasteiger partial charge in [0.25, 0.3) is 0 Å². The first-order valence-electron chi connectivity index (χ1n) is 19.3. The van der Waals surface area contributed by atoms with Gasteiger partial charge in [-0.25, -0.2) is 0 Å². The Hall–Kier alpha value is -7.10. The van der Waals surface area contributed by atoms with Crippen molar-refractivity contribution in [1.82, 2.24) is 4.57 Å². The summed E-state index contributed by atoms with van der Waals surface area (Å²) < 4.78 is 2.39. The molecule has 9 aromatic rings. The molecule has 9 rings (SSSR count). The Morgan fingerprint density at radius 3 is 1.54 bits per heavy atom. The molecule has 0 aliphatic rings. The van der Waals surface area contributed by atoms with Gasteiger partial charge in [-0.1, -0.05) is 141 Å². The van der Waals surface area contributed by atoms with Crippen molar-refractivity contribution in [3.63, 3.8) is 0 Å². The van der Waals surface area contributed by atoms with E-state index in [0.717, 1.165) is 34.1 Å². The van der Waals surface area contributed by atoms with Gasteiger partial charge in [0.15, 0.2) is 0 Å². The van der Waals surface area contributed by atoms with Crippen LogP contribution in [-0.2, 0) is 0 Å². The normalized spacial score (nSPS) is 10.6. The highest BCUT2D eigenvalue weighted by atomic mass is 15.1. The number of rotatable bonds is 8. The van der Waals surface area contributed by atoms with E-state index in [9.17, 15) is 0 Å². The summed E-state index contributed by atoms with van der Waals surface area (Å²) in [5.41, 5.74) is 13.9. The molecule has 1 heterocycles. The zero-order valence-electron chi connectivity index (χ0n) is 32.4. The van der Waals surface area contributed by atoms with Gasteiger partial charge in [-0.3, -0.25) is 0 Å². The van der Waals surface area contributed by atoms with Crippen molar-refractivity contribution >= 4 is 50.2 Å². The fraction of sp³-hybridized carbons (Fsp3) is 0.0566. The maximum Gasteiger partial charge on any atom is 0.0547 e. The lowest BCUT2D eigenvalue weighted by atomic mass is 9.92. The van der Waals surface area contributed by atoms with Crippen molar-refractivity contribution < 1.29 is 0 Å². The molecule has 1 aromatic heterocycles. The van der Waals surface area contributed by atoms with Crippen LogP contribution in [0.15, 0.2) is 219 Å². The van der Waals surface area contributed by atoms with Crippen molar-refractivity contribution in [2.45, 2.75) is 13.8 Å². The lowest BCUT2D eigenvalue weighted by molar-refractivity contribution is 1.18. The van der Waals surface area contributed by atoms with Gasteiger partial charge in [-0.05, 0) is 95.6 Å². The first kappa shape index (κ1) is 37.2. The monoisotopic (exact) mass is 725 g/mol. The molecule has 0 unspecified atom stereocenters. The Labute approximate surface area is 331 Å². The molecule has 0 fully saturated rings. The Kier molecular flexibility index (Phi) is 11.5. The lowest BCUT2D eigenvalue weighted by Crippen LogP contribution is -2.13. The largest absolute Gasteiger partial charge is 0.344 e. The maximum absolute atomic E-state index is 3.00. The summed E-state index contributed by atoms with van der Waals surface area (Å²) in [5, 5.41) is 2.50. The molecule has 0 spiro atoms. The fourth-order valence-electron chi connectivity index (χ4n) is 7.53. The van der Waals surface area contributed by atoms with Gasteiger partial charge in [0.05, 0.1) is 11.0 Å². The summed E-state index contributed by atoms with van der Waals surface area (Å²) in [6.07, 6.45) is 0. The molecule has 3 heteroatoms. The molecule has 0 N–H and O–H groups in total. The quantitative estimate of drug-likeness (QED) is 0.145. The van der Waals surface area contributed by atoms with Crippen molar-refractivity contribution in [3.8, 4) is 27.9 Å². The van der Waals surface area contributed by atoms with Gasteiger partial charge in [0, 0.05) is 57.5 Å². The van der Waals surface area contributed by atoms with Crippen molar-refractivity contribution in [3.05, 3.63) is 219 Å². The van der Waals surface area contributed by atoms with E-state index in [1.807, 2.05) is 13.8 Å². The molecule has 0 aliphatic carbocycles. The van der Waals surface area contributed by atoms with Crippen molar-refractivity contribution in [1.29, 1.82) is 0 Å². The summed E-state index contributed by atoms with van der Waals surface area (Å²) in [4.78, 5) is 4.61. The second-order valence-corrected chi connectivity index (χ2v) is 13.1. The van der Waals surface area contributed by atoms with E-state index >= 15 is 0 Å². The van der Waals surface area contributed by atoms with E-state index in [-0.39, 0.29) is 0 Å². The molecule has 3 nitrogen and oxygen atoms in total. The summed E-state index contributed by atoms with van der Waals surface area (Å²) in [6.45, 7) is 10.0. The highest BCUT2D eigenvalue weighted by Crippen LogP contribution is 2.44. The number of hydrogen-bond acceptors (Lipinski definition) is 2. The Bertz CT molecular complexity index is 2590. The molecular weight excluding hydrogens is 679 g/mol. The third-order valence-electron chi connectivity index (χ3n) is 9.99. The third-order valence-corrected chi connectivity index (χ3v) is 9.99. The molecule has 0 atom stereocenters. The van der Waals surface area contributed by atoms with Crippen LogP contribution in [0, 0.1) is 0 Å². The molecule has 56 heavy (non-hydrogen) atoms. The number of nitrogens with zero attached hydrogens (tertiary/aromatic N) is 3. The molecule has 0 saturated heterocycles. The number of para-hydroxylation sites is 4. The second-order valence-electron chi connectivity index (χ2n) is 13.1. The minimum Gasteiger partial charge on any atom is -0.344 e. The smallest absolute Gasteiger partial charge is 0.0547 e. The zero-order chi connectivity index (χ0) is 38.9. The van der Waals surface area contributed by atoms with E-state index in [4.69, 9.17) is 0 Å². The minimum absolute atomic E-state index is 1.11. The average Bonchev–Trinajstić information content (AvgIpc) is 3.62. The SMILES string of the molecule is C=C.CC.CN(c1ccc(N(c2ccccc2)c2ccccc2)cc1)c1cccc(-c2ccc3c4ccccc4n(-c4ccccc4)c3c2)c1-c1ccccc1. The van der Waals surface area contributed by atoms with E-state index in [2.05, 4.69) is 241 Å². The summed E-state index contributed by atoms with van der Waals surface area (Å²) >= 11 is 0. The topological polar surface area (TPSA) is 11.4 Å². The zero-order valence-corrected chi connectivity index (χ0v) is 32.4. The highest BCUT2D eigenvalue weighted by molar-refractivity contribution is 6.10. The molecule has 8 aromatic carbocycles. The van der Waals surface area contributed by atoms with Crippen molar-refractivity contribution in [2.75, 3.05) is 16.8 Å². The predicted molar refractivity (Wildman–Crippen MR) is 243 cm³/mol. The van der Waals surface area contributed by atoms with Gasteiger partial charge in [-0.2, -0.15) is 0 Å². The van der Waals surface area contributed by atoms with E-state index in [0.29, 0.717) is 0 Å². The molecular formula is C53H47N3. The van der Waals surface area contributed by atoms with E-state index in [1.54, 1.807) is 0 Å². The first-order valence-corrected chi connectivity index (χ1v) is 19.3. The van der Waals surface area contributed by atoms with E-state index < -0.39 is 0 Å². The third kappa shape index (κ3) is 7.23. The summed E-state index contributed by atoms with van der Waals surface area (Å²) in [7, 11) is 2.17. The molecule has 0 aliphatic heterocycles. The first-order chi connectivity index (χ1) is 27.7. The average molecular weight is 726 g/mol. The minimum atomic E-state index is 1.11. The highest BCUT2D eigenvalue weighted by Gasteiger charge is 2.19. The number of anilines is 5. The molecule has 274 valence electrons. The van der Waals surface area contributed by atoms with Crippen LogP contribution < -0.4 is 9.80 Å². The van der Waals surface area contributed by atoms with Crippen LogP contribution in [0.5, 0.6) is 0 Å². The molecule has 0 bridgehead atoms. The Morgan fingerprint density at radius 1 is 0.411 bits per heavy atom. The van der Waals surface area contributed by atoms with Crippen molar-refractivity contribution in [2.24, 2.45) is 0 Å². The Morgan fingerprint density at radius 2 is 0.911 bits per heavy atom. The van der Waals surface area contributed by atoms with Gasteiger partial charge >= 0.3 is 0 Å². The number of benzene rings is 8. The molecule has 0 amide bonds. The summed E-state index contributed by atoms with van der Waals surface area (Å²) in [5.74, 6) is 0. The number of hydrogen-bond donors (Lipinski definition) is 0. The maximum atomic E-state index is 3.00. The van der Waals surface area contributed by atoms with Gasteiger partial charge in [-0.15, -0.1) is 13.2 Å². The standard InChI is InChI=1S/C49H37N3.C2H6.C2H4/c1-50(38-30-32-42(33-31-38)51(39-19-8-3-9-20-39)40-21-10-4-11-22-40)47-28-16-26-43(49(47)36-17-6-2-7-18-36)37-29-34-45-44-25-14-15-27-46(44)52(48(45)35-37)41-23-12-5-13-24-41;2*1-2/h2-35H,1H3;1-2H3;1-2H2. The van der Waals surface area contributed by atoms with Gasteiger partial charge in [0.2, 0.25) is 0 Å². The van der Waals surface area contributed by atoms with Crippen LogP contribution in [0.2, 0.25) is 0 Å². The molecule has 0 saturated carbocycles. The summed E-state index contributed by atoms with van der Waals surface area (Å²) in [6, 6.07) is 73.7. The lowest BCUT2D eigenvalue weighted by Gasteiger charge is -2.28.